The van der Waals surface area contributed by atoms with Crippen LogP contribution in [0.4, 0.5) is 0 Å². The Bertz CT molecular complexity index is 618. The number of unbranched alkanes of at least 4 members (excludes halogenated alkanes) is 2. The summed E-state index contributed by atoms with van der Waals surface area (Å²) in [7, 11) is 0. The van der Waals surface area contributed by atoms with Crippen LogP contribution in [0.2, 0.25) is 0 Å². The molecule has 24 heavy (non-hydrogen) atoms. The molecule has 130 valence electrons. The van der Waals surface area contributed by atoms with Gasteiger partial charge in [-0.05, 0) is 62.1 Å². The van der Waals surface area contributed by atoms with Crippen LogP contribution < -0.4 is 10.5 Å². The molecule has 2 heteroatoms. The van der Waals surface area contributed by atoms with Gasteiger partial charge in [-0.2, -0.15) is 0 Å². The van der Waals surface area contributed by atoms with E-state index in [1.54, 1.807) is 0 Å². The van der Waals surface area contributed by atoms with Gasteiger partial charge in [-0.15, -0.1) is 0 Å². The van der Waals surface area contributed by atoms with Gasteiger partial charge in [-0.1, -0.05) is 55.7 Å². The Morgan fingerprint density at radius 1 is 1.00 bits per heavy atom. The molecule has 0 radical (unpaired) electrons. The van der Waals surface area contributed by atoms with Crippen LogP contribution in [-0.2, 0) is 6.42 Å². The number of benzene rings is 2. The maximum Gasteiger partial charge on any atom is 0.119 e. The number of nitrogens with two attached hydrogens (primary N) is 1. The van der Waals surface area contributed by atoms with E-state index in [-0.39, 0.29) is 0 Å². The van der Waals surface area contributed by atoms with Crippen molar-refractivity contribution in [2.75, 3.05) is 13.2 Å². The quantitative estimate of drug-likeness (QED) is 0.647. The second kappa shape index (κ2) is 9.48. The summed E-state index contributed by atoms with van der Waals surface area (Å²) in [5.74, 6) is 1.33. The molecule has 0 heterocycles. The van der Waals surface area contributed by atoms with Crippen molar-refractivity contribution in [1.82, 2.24) is 0 Å². The first kappa shape index (κ1) is 18.5. The SMILES string of the molecule is CCCCCOc1ccc(CC(CN)c2ccc(C)cc2C)cc1. The second-order valence-electron chi connectivity index (χ2n) is 6.70. The predicted molar refractivity (Wildman–Crippen MR) is 103 cm³/mol. The molecule has 2 aromatic carbocycles. The Balaban J connectivity index is 1.98. The number of hydrogen-bond acceptors (Lipinski definition) is 2. The van der Waals surface area contributed by atoms with Gasteiger partial charge >= 0.3 is 0 Å². The molecule has 0 amide bonds. The lowest BCUT2D eigenvalue weighted by Gasteiger charge is -2.18. The zero-order valence-electron chi connectivity index (χ0n) is 15.3. The Labute approximate surface area is 147 Å². The van der Waals surface area contributed by atoms with Crippen LogP contribution in [0.15, 0.2) is 42.5 Å². The highest BCUT2D eigenvalue weighted by atomic mass is 16.5. The van der Waals surface area contributed by atoms with E-state index in [9.17, 15) is 0 Å². The van der Waals surface area contributed by atoms with Crippen molar-refractivity contribution in [3.8, 4) is 5.75 Å². The number of rotatable bonds is 9. The smallest absolute Gasteiger partial charge is 0.119 e. The van der Waals surface area contributed by atoms with Crippen molar-refractivity contribution in [2.45, 2.75) is 52.4 Å². The van der Waals surface area contributed by atoms with Gasteiger partial charge < -0.3 is 10.5 Å². The van der Waals surface area contributed by atoms with Crippen molar-refractivity contribution < 1.29 is 4.74 Å². The summed E-state index contributed by atoms with van der Waals surface area (Å²) < 4.78 is 5.79. The molecule has 1 unspecified atom stereocenters. The summed E-state index contributed by atoms with van der Waals surface area (Å²) in [5.41, 5.74) is 11.4. The van der Waals surface area contributed by atoms with Crippen LogP contribution in [0.5, 0.6) is 5.75 Å². The van der Waals surface area contributed by atoms with Gasteiger partial charge in [0.1, 0.15) is 5.75 Å². The van der Waals surface area contributed by atoms with Crippen molar-refractivity contribution in [3.05, 3.63) is 64.7 Å². The Morgan fingerprint density at radius 3 is 2.38 bits per heavy atom. The number of aryl methyl sites for hydroxylation is 2. The summed E-state index contributed by atoms with van der Waals surface area (Å²) in [6.07, 6.45) is 4.55. The molecule has 0 fully saturated rings. The van der Waals surface area contributed by atoms with Gasteiger partial charge in [0.25, 0.3) is 0 Å². The van der Waals surface area contributed by atoms with Gasteiger partial charge in [0.15, 0.2) is 0 Å². The average molecular weight is 325 g/mol. The van der Waals surface area contributed by atoms with E-state index in [2.05, 4.69) is 63.2 Å². The van der Waals surface area contributed by atoms with Crippen LogP contribution in [0, 0.1) is 13.8 Å². The molecule has 2 nitrogen and oxygen atoms in total. The maximum atomic E-state index is 6.06. The van der Waals surface area contributed by atoms with E-state index in [1.807, 2.05) is 0 Å². The molecular weight excluding hydrogens is 294 g/mol. The summed E-state index contributed by atoms with van der Waals surface area (Å²) in [6.45, 7) is 7.99. The van der Waals surface area contributed by atoms with E-state index in [1.165, 1.54) is 35.1 Å². The largest absolute Gasteiger partial charge is 0.494 e. The van der Waals surface area contributed by atoms with Gasteiger partial charge in [0.2, 0.25) is 0 Å². The standard InChI is InChI=1S/C22H31NO/c1-4-5-6-13-24-21-10-8-19(9-11-21)15-20(16-23)22-12-7-17(2)14-18(22)3/h7-12,14,20H,4-6,13,15-16,23H2,1-3H3. The minimum absolute atomic E-state index is 0.363. The maximum absolute atomic E-state index is 6.06. The summed E-state index contributed by atoms with van der Waals surface area (Å²) >= 11 is 0. The third-order valence-electron chi connectivity index (χ3n) is 4.57. The summed E-state index contributed by atoms with van der Waals surface area (Å²) in [5, 5.41) is 0. The average Bonchev–Trinajstić information content (AvgIpc) is 2.58. The van der Waals surface area contributed by atoms with Crippen molar-refractivity contribution in [3.63, 3.8) is 0 Å². The molecule has 0 spiro atoms. The highest BCUT2D eigenvalue weighted by Crippen LogP contribution is 2.25. The minimum Gasteiger partial charge on any atom is -0.494 e. The van der Waals surface area contributed by atoms with Crippen LogP contribution >= 0.6 is 0 Å². The van der Waals surface area contributed by atoms with Gasteiger partial charge in [0, 0.05) is 5.92 Å². The van der Waals surface area contributed by atoms with E-state index >= 15 is 0 Å². The van der Waals surface area contributed by atoms with Crippen molar-refractivity contribution >= 4 is 0 Å². The predicted octanol–water partition coefficient (Wildman–Crippen LogP) is 5.16. The van der Waals surface area contributed by atoms with E-state index in [4.69, 9.17) is 10.5 Å². The monoisotopic (exact) mass is 325 g/mol. The molecular formula is C22H31NO. The topological polar surface area (TPSA) is 35.2 Å². The normalized spacial score (nSPS) is 12.2. The van der Waals surface area contributed by atoms with E-state index < -0.39 is 0 Å². The fraction of sp³-hybridized carbons (Fsp3) is 0.455. The lowest BCUT2D eigenvalue weighted by Crippen LogP contribution is -2.16. The first-order chi connectivity index (χ1) is 11.6. The molecule has 0 saturated heterocycles. The van der Waals surface area contributed by atoms with Gasteiger partial charge in [-0.3, -0.25) is 0 Å². The van der Waals surface area contributed by atoms with Gasteiger partial charge in [0.05, 0.1) is 6.61 Å². The van der Waals surface area contributed by atoms with Crippen LogP contribution in [0.25, 0.3) is 0 Å². The van der Waals surface area contributed by atoms with Crippen molar-refractivity contribution in [2.24, 2.45) is 5.73 Å². The lowest BCUT2D eigenvalue weighted by atomic mass is 9.88. The summed E-state index contributed by atoms with van der Waals surface area (Å²) in [4.78, 5) is 0. The van der Waals surface area contributed by atoms with E-state index in [0.29, 0.717) is 12.5 Å². The minimum atomic E-state index is 0.363. The molecule has 2 aromatic rings. The van der Waals surface area contributed by atoms with Crippen LogP contribution in [0.1, 0.15) is 54.4 Å². The third kappa shape index (κ3) is 5.38. The molecule has 0 aliphatic carbocycles. The fourth-order valence-corrected chi connectivity index (χ4v) is 3.15. The van der Waals surface area contributed by atoms with Crippen LogP contribution in [0.3, 0.4) is 0 Å². The lowest BCUT2D eigenvalue weighted by molar-refractivity contribution is 0.306. The first-order valence-electron chi connectivity index (χ1n) is 9.13. The Kier molecular flexibility index (Phi) is 7.33. The molecule has 2 rings (SSSR count). The Hall–Kier alpha value is -1.80. The van der Waals surface area contributed by atoms with Crippen molar-refractivity contribution in [1.29, 1.82) is 0 Å². The summed E-state index contributed by atoms with van der Waals surface area (Å²) in [6, 6.07) is 15.1. The highest BCUT2D eigenvalue weighted by molar-refractivity contribution is 5.35. The number of hydrogen-bond donors (Lipinski definition) is 1. The number of ether oxygens (including phenoxy) is 1. The van der Waals surface area contributed by atoms with E-state index in [0.717, 1.165) is 25.2 Å². The molecule has 0 aromatic heterocycles. The van der Waals surface area contributed by atoms with Crippen LogP contribution in [-0.4, -0.2) is 13.2 Å². The zero-order valence-corrected chi connectivity index (χ0v) is 15.3. The Morgan fingerprint density at radius 2 is 1.75 bits per heavy atom. The molecule has 0 bridgehead atoms. The zero-order chi connectivity index (χ0) is 17.4. The molecule has 0 aliphatic rings. The third-order valence-corrected chi connectivity index (χ3v) is 4.57. The highest BCUT2D eigenvalue weighted by Gasteiger charge is 2.13. The second-order valence-corrected chi connectivity index (χ2v) is 6.70. The first-order valence-corrected chi connectivity index (χ1v) is 9.13. The molecule has 0 saturated carbocycles. The molecule has 0 aliphatic heterocycles. The van der Waals surface area contributed by atoms with Gasteiger partial charge in [-0.25, -0.2) is 0 Å². The molecule has 1 atom stereocenters. The fourth-order valence-electron chi connectivity index (χ4n) is 3.15. The molecule has 2 N–H and O–H groups in total.